The van der Waals surface area contributed by atoms with Crippen molar-refractivity contribution in [3.63, 3.8) is 0 Å². The maximum atomic E-state index is 12.0. The van der Waals surface area contributed by atoms with Gasteiger partial charge in [-0.15, -0.1) is 0 Å². The quantitative estimate of drug-likeness (QED) is 0.233. The smallest absolute Gasteiger partial charge is 0.336 e. The number of hydrogen-bond acceptors (Lipinski definition) is 7. The normalized spacial score (nSPS) is 11.3. The first-order valence-electron chi connectivity index (χ1n) is 7.95. The number of benzene rings is 2. The second-order valence-corrected chi connectivity index (χ2v) is 5.56. The lowest BCUT2D eigenvalue weighted by Gasteiger charge is -2.08. The fraction of sp³-hybridized carbons (Fsp3) is 0.105. The van der Waals surface area contributed by atoms with Crippen LogP contribution in [-0.4, -0.2) is 22.9 Å². The van der Waals surface area contributed by atoms with Crippen LogP contribution in [0.4, 0.5) is 5.69 Å². The third kappa shape index (κ3) is 5.49. The molecule has 0 N–H and O–H groups in total. The molecule has 0 radical (unpaired) electrons. The van der Waals surface area contributed by atoms with Gasteiger partial charge in [0.25, 0.3) is 5.69 Å². The molecule has 28 heavy (non-hydrogen) atoms. The monoisotopic (exact) mass is 384 g/mol. The molecule has 0 aromatic heterocycles. The summed E-state index contributed by atoms with van der Waals surface area (Å²) < 4.78 is 10.4. The summed E-state index contributed by atoms with van der Waals surface area (Å²) in [6.45, 7) is 1.36. The van der Waals surface area contributed by atoms with E-state index in [0.717, 1.165) is 6.08 Å². The molecule has 2 aromatic rings. The first-order chi connectivity index (χ1) is 13.3. The van der Waals surface area contributed by atoms with Crippen molar-refractivity contribution in [1.82, 2.24) is 0 Å². The van der Waals surface area contributed by atoms with Gasteiger partial charge in [-0.05, 0) is 29.3 Å². The van der Waals surface area contributed by atoms with Gasteiger partial charge in [-0.3, -0.25) is 20.2 Å². The third-order valence-electron chi connectivity index (χ3n) is 3.55. The molecule has 9 nitrogen and oxygen atoms in total. The van der Waals surface area contributed by atoms with Crippen LogP contribution >= 0.6 is 0 Å². The van der Waals surface area contributed by atoms with Crippen LogP contribution in [0.2, 0.25) is 0 Å². The van der Waals surface area contributed by atoms with Crippen molar-refractivity contribution in [2.75, 3.05) is 7.11 Å². The van der Waals surface area contributed by atoms with Crippen LogP contribution in [0.5, 0.6) is 11.5 Å². The molecule has 9 heteroatoms. The third-order valence-corrected chi connectivity index (χ3v) is 3.55. The summed E-state index contributed by atoms with van der Waals surface area (Å²) in [5.74, 6) is -0.358. The van der Waals surface area contributed by atoms with Crippen molar-refractivity contribution >= 4 is 23.8 Å². The maximum absolute atomic E-state index is 12.0. The SMILES string of the molecule is COc1cc(/C=C(/C)[N+](=O)[O-])ccc1OC(=O)/C=C/c1cccc([N+](=O)[O-])c1. The molecule has 2 aromatic carbocycles. The highest BCUT2D eigenvalue weighted by Gasteiger charge is 2.11. The minimum Gasteiger partial charge on any atom is -0.493 e. The van der Waals surface area contributed by atoms with E-state index in [2.05, 4.69) is 0 Å². The zero-order chi connectivity index (χ0) is 20.7. The summed E-state index contributed by atoms with van der Waals surface area (Å²) >= 11 is 0. The summed E-state index contributed by atoms with van der Waals surface area (Å²) in [6, 6.07) is 10.3. The number of ether oxygens (including phenoxy) is 2. The standard InChI is InChI=1S/C19H16N2O7/c1-13(20(23)24)10-15-6-8-17(18(12-15)27-2)28-19(22)9-7-14-4-3-5-16(11-14)21(25)26/h3-12H,1-2H3/b9-7+,13-10-. The van der Waals surface area contributed by atoms with Crippen molar-refractivity contribution < 1.29 is 24.1 Å². The van der Waals surface area contributed by atoms with Crippen LogP contribution in [0.25, 0.3) is 12.2 Å². The molecular weight excluding hydrogens is 368 g/mol. The molecule has 0 heterocycles. The molecule has 0 fully saturated rings. The zero-order valence-electron chi connectivity index (χ0n) is 15.0. The zero-order valence-corrected chi connectivity index (χ0v) is 15.0. The lowest BCUT2D eigenvalue weighted by atomic mass is 10.1. The molecule has 0 spiro atoms. The highest BCUT2D eigenvalue weighted by molar-refractivity contribution is 5.89. The molecule has 0 atom stereocenters. The van der Waals surface area contributed by atoms with E-state index in [1.54, 1.807) is 12.1 Å². The van der Waals surface area contributed by atoms with Gasteiger partial charge in [-0.1, -0.05) is 18.2 Å². The number of carbonyl (C=O) groups excluding carboxylic acids is 1. The van der Waals surface area contributed by atoms with E-state index in [0.29, 0.717) is 11.1 Å². The topological polar surface area (TPSA) is 122 Å². The Kier molecular flexibility index (Phi) is 6.58. The number of non-ortho nitro benzene ring substituents is 1. The van der Waals surface area contributed by atoms with E-state index in [-0.39, 0.29) is 22.9 Å². The lowest BCUT2D eigenvalue weighted by Crippen LogP contribution is -2.05. The number of esters is 1. The predicted molar refractivity (Wildman–Crippen MR) is 101 cm³/mol. The van der Waals surface area contributed by atoms with Crippen molar-refractivity contribution in [1.29, 1.82) is 0 Å². The lowest BCUT2D eigenvalue weighted by molar-refractivity contribution is -0.422. The van der Waals surface area contributed by atoms with Crippen LogP contribution in [0.3, 0.4) is 0 Å². The average molecular weight is 384 g/mol. The Balaban J connectivity index is 2.15. The van der Waals surface area contributed by atoms with Gasteiger partial charge in [0.2, 0.25) is 5.70 Å². The first kappa shape index (κ1) is 20.3. The van der Waals surface area contributed by atoms with Crippen LogP contribution in [0.15, 0.2) is 54.2 Å². The van der Waals surface area contributed by atoms with E-state index in [1.807, 2.05) is 0 Å². The Bertz CT molecular complexity index is 980. The second-order valence-electron chi connectivity index (χ2n) is 5.56. The Labute approximate surface area is 159 Å². The minimum absolute atomic E-state index is 0.0494. The summed E-state index contributed by atoms with van der Waals surface area (Å²) in [5, 5.41) is 21.5. The molecular formula is C19H16N2O7. The Hall–Kier alpha value is -4.01. The van der Waals surface area contributed by atoms with Gasteiger partial charge in [-0.25, -0.2) is 4.79 Å². The van der Waals surface area contributed by atoms with Crippen molar-refractivity contribution in [2.24, 2.45) is 0 Å². The second kappa shape index (κ2) is 9.08. The Morgan fingerprint density at radius 3 is 2.43 bits per heavy atom. The Morgan fingerprint density at radius 2 is 1.79 bits per heavy atom. The van der Waals surface area contributed by atoms with Crippen LogP contribution in [-0.2, 0) is 4.79 Å². The molecule has 0 saturated carbocycles. The number of rotatable bonds is 7. The number of nitro benzene ring substituents is 1. The number of hydrogen-bond donors (Lipinski definition) is 0. The highest BCUT2D eigenvalue weighted by Crippen LogP contribution is 2.29. The number of nitro groups is 2. The summed E-state index contributed by atoms with van der Waals surface area (Å²) in [6.07, 6.45) is 3.87. The number of methoxy groups -OCH3 is 1. The first-order valence-corrected chi connectivity index (χ1v) is 7.95. The van der Waals surface area contributed by atoms with Gasteiger partial charge in [0.15, 0.2) is 11.5 Å². The average Bonchev–Trinajstić information content (AvgIpc) is 2.67. The van der Waals surface area contributed by atoms with E-state index < -0.39 is 15.8 Å². The number of nitrogens with zero attached hydrogens (tertiary/aromatic N) is 2. The number of carbonyl (C=O) groups is 1. The molecule has 0 aliphatic heterocycles. The largest absolute Gasteiger partial charge is 0.493 e. The molecule has 0 unspecified atom stereocenters. The van der Waals surface area contributed by atoms with Gasteiger partial charge in [0.1, 0.15) is 0 Å². The van der Waals surface area contributed by atoms with Crippen LogP contribution in [0, 0.1) is 20.2 Å². The van der Waals surface area contributed by atoms with Gasteiger partial charge in [-0.2, -0.15) is 0 Å². The van der Waals surface area contributed by atoms with Crippen molar-refractivity contribution in [3.8, 4) is 11.5 Å². The summed E-state index contributed by atoms with van der Waals surface area (Å²) in [7, 11) is 1.37. The summed E-state index contributed by atoms with van der Waals surface area (Å²) in [5.41, 5.74) is 0.837. The summed E-state index contributed by atoms with van der Waals surface area (Å²) in [4.78, 5) is 32.5. The van der Waals surface area contributed by atoms with Crippen molar-refractivity contribution in [2.45, 2.75) is 6.92 Å². The van der Waals surface area contributed by atoms with Crippen LogP contribution < -0.4 is 9.47 Å². The minimum atomic E-state index is -0.713. The fourth-order valence-electron chi connectivity index (χ4n) is 2.20. The molecule has 0 bridgehead atoms. The van der Waals surface area contributed by atoms with Gasteiger partial charge in [0.05, 0.1) is 17.0 Å². The molecule has 0 aliphatic rings. The highest BCUT2D eigenvalue weighted by atomic mass is 16.6. The number of allylic oxidation sites excluding steroid dienone is 1. The van der Waals surface area contributed by atoms with Crippen LogP contribution in [0.1, 0.15) is 18.1 Å². The Morgan fingerprint density at radius 1 is 1.04 bits per heavy atom. The van der Waals surface area contributed by atoms with E-state index in [4.69, 9.17) is 9.47 Å². The van der Waals surface area contributed by atoms with E-state index in [9.17, 15) is 25.0 Å². The molecule has 0 amide bonds. The molecule has 0 aliphatic carbocycles. The van der Waals surface area contributed by atoms with Gasteiger partial charge >= 0.3 is 5.97 Å². The van der Waals surface area contributed by atoms with E-state index in [1.165, 1.54) is 56.5 Å². The predicted octanol–water partition coefficient (Wildman–Crippen LogP) is 3.86. The maximum Gasteiger partial charge on any atom is 0.336 e. The molecule has 0 saturated heterocycles. The fourth-order valence-corrected chi connectivity index (χ4v) is 2.20. The van der Waals surface area contributed by atoms with E-state index >= 15 is 0 Å². The van der Waals surface area contributed by atoms with Crippen molar-refractivity contribution in [3.05, 3.63) is 85.6 Å². The molecule has 144 valence electrons. The van der Waals surface area contributed by atoms with Gasteiger partial charge < -0.3 is 9.47 Å². The van der Waals surface area contributed by atoms with Gasteiger partial charge in [0, 0.05) is 31.2 Å². The molecule has 2 rings (SSSR count).